The van der Waals surface area contributed by atoms with E-state index in [1.165, 1.54) is 0 Å². The van der Waals surface area contributed by atoms with Crippen molar-refractivity contribution in [1.82, 2.24) is 19.4 Å². The summed E-state index contributed by atoms with van der Waals surface area (Å²) in [5.41, 5.74) is 2.29. The van der Waals surface area contributed by atoms with Crippen LogP contribution in [0.3, 0.4) is 0 Å². The average Bonchev–Trinajstić information content (AvgIpc) is 3.23. The number of pyridine rings is 1. The highest BCUT2D eigenvalue weighted by molar-refractivity contribution is 6.46. The van der Waals surface area contributed by atoms with E-state index in [4.69, 9.17) is 0 Å². The van der Waals surface area contributed by atoms with Gasteiger partial charge in [0, 0.05) is 48.6 Å². The molecule has 0 saturated carbocycles. The van der Waals surface area contributed by atoms with Crippen LogP contribution in [0.4, 0.5) is 0 Å². The minimum Gasteiger partial charge on any atom is -0.507 e. The highest BCUT2D eigenvalue weighted by Crippen LogP contribution is 2.40. The predicted molar refractivity (Wildman–Crippen MR) is 119 cm³/mol. The van der Waals surface area contributed by atoms with E-state index in [0.29, 0.717) is 24.1 Å². The molecule has 1 fully saturated rings. The third-order valence-electron chi connectivity index (χ3n) is 5.70. The minimum absolute atomic E-state index is 0.110. The second kappa shape index (κ2) is 8.35. The first-order chi connectivity index (χ1) is 14.9. The van der Waals surface area contributed by atoms with Crippen LogP contribution in [-0.4, -0.2) is 63.3 Å². The summed E-state index contributed by atoms with van der Waals surface area (Å²) in [4.78, 5) is 33.8. The van der Waals surface area contributed by atoms with Gasteiger partial charge < -0.3 is 19.5 Å². The fraction of sp³-hybridized carbons (Fsp3) is 0.292. The number of carbonyl (C=O) groups is 2. The van der Waals surface area contributed by atoms with E-state index >= 15 is 0 Å². The number of aliphatic hydroxyl groups excluding tert-OH is 1. The van der Waals surface area contributed by atoms with Gasteiger partial charge in [-0.2, -0.15) is 0 Å². The number of aliphatic hydroxyl groups is 1. The van der Waals surface area contributed by atoms with Crippen molar-refractivity contribution in [2.45, 2.75) is 12.5 Å². The van der Waals surface area contributed by atoms with Gasteiger partial charge in [-0.25, -0.2) is 0 Å². The zero-order valence-electron chi connectivity index (χ0n) is 17.9. The number of rotatable bonds is 6. The summed E-state index contributed by atoms with van der Waals surface area (Å²) in [5.74, 6) is -1.40. The van der Waals surface area contributed by atoms with Crippen molar-refractivity contribution in [3.05, 3.63) is 71.7 Å². The highest BCUT2D eigenvalue weighted by atomic mass is 16.3. The normalized spacial score (nSPS) is 18.5. The summed E-state index contributed by atoms with van der Waals surface area (Å²) in [7, 11) is 5.82. The molecule has 1 amide bonds. The van der Waals surface area contributed by atoms with Crippen molar-refractivity contribution >= 4 is 28.4 Å². The van der Waals surface area contributed by atoms with Crippen LogP contribution >= 0.6 is 0 Å². The molecule has 31 heavy (non-hydrogen) atoms. The van der Waals surface area contributed by atoms with Crippen LogP contribution in [0.1, 0.15) is 23.6 Å². The van der Waals surface area contributed by atoms with Crippen molar-refractivity contribution in [2.24, 2.45) is 7.05 Å². The van der Waals surface area contributed by atoms with Crippen LogP contribution in [0.15, 0.2) is 60.6 Å². The van der Waals surface area contributed by atoms with Gasteiger partial charge in [0.15, 0.2) is 0 Å². The molecule has 0 bridgehead atoms. The number of nitrogens with zero attached hydrogens (tertiary/aromatic N) is 4. The first kappa shape index (κ1) is 20.8. The number of likely N-dealkylation sites (tertiary alicyclic amines) is 1. The van der Waals surface area contributed by atoms with Gasteiger partial charge in [-0.05, 0) is 44.8 Å². The number of carbonyl (C=O) groups excluding carboxylic acids is 2. The molecule has 3 heterocycles. The molecular formula is C24H26N4O3. The number of aromatic nitrogens is 2. The molecule has 0 spiro atoms. The van der Waals surface area contributed by atoms with Crippen molar-refractivity contribution in [3.63, 3.8) is 0 Å². The van der Waals surface area contributed by atoms with E-state index in [1.54, 1.807) is 29.6 Å². The monoisotopic (exact) mass is 418 g/mol. The molecule has 1 atom stereocenters. The Morgan fingerprint density at radius 2 is 1.94 bits per heavy atom. The van der Waals surface area contributed by atoms with Gasteiger partial charge in [0.2, 0.25) is 0 Å². The molecule has 1 unspecified atom stereocenters. The number of hydrogen-bond donors (Lipinski definition) is 1. The second-order valence-corrected chi connectivity index (χ2v) is 8.11. The van der Waals surface area contributed by atoms with Crippen molar-refractivity contribution in [2.75, 3.05) is 27.2 Å². The zero-order chi connectivity index (χ0) is 22.1. The van der Waals surface area contributed by atoms with E-state index in [-0.39, 0.29) is 11.3 Å². The lowest BCUT2D eigenvalue weighted by atomic mass is 9.96. The van der Waals surface area contributed by atoms with Crippen LogP contribution in [-0.2, 0) is 16.6 Å². The van der Waals surface area contributed by atoms with Crippen molar-refractivity contribution < 1.29 is 14.7 Å². The molecule has 7 nitrogen and oxygen atoms in total. The Morgan fingerprint density at radius 3 is 2.65 bits per heavy atom. The topological polar surface area (TPSA) is 78.7 Å². The molecule has 0 aliphatic carbocycles. The van der Waals surface area contributed by atoms with Crippen molar-refractivity contribution in [3.8, 4) is 0 Å². The highest BCUT2D eigenvalue weighted by Gasteiger charge is 2.46. The Labute approximate surface area is 181 Å². The largest absolute Gasteiger partial charge is 0.507 e. The van der Waals surface area contributed by atoms with E-state index in [2.05, 4.69) is 4.98 Å². The molecule has 1 saturated heterocycles. The molecular weight excluding hydrogens is 392 g/mol. The maximum absolute atomic E-state index is 13.1. The van der Waals surface area contributed by atoms with Gasteiger partial charge in [-0.3, -0.25) is 14.6 Å². The van der Waals surface area contributed by atoms with Crippen LogP contribution in [0.5, 0.6) is 0 Å². The zero-order valence-corrected chi connectivity index (χ0v) is 17.9. The summed E-state index contributed by atoms with van der Waals surface area (Å²) in [6, 6.07) is 10.6. The summed E-state index contributed by atoms with van der Waals surface area (Å²) in [6.07, 6.45) is 5.79. The number of amides is 1. The maximum atomic E-state index is 13.1. The lowest BCUT2D eigenvalue weighted by molar-refractivity contribution is -0.139. The number of aryl methyl sites for hydroxylation is 1. The van der Waals surface area contributed by atoms with Crippen LogP contribution in [0, 0.1) is 0 Å². The Balaban J connectivity index is 1.85. The third kappa shape index (κ3) is 3.72. The lowest BCUT2D eigenvalue weighted by Crippen LogP contribution is -2.32. The first-order valence-electron chi connectivity index (χ1n) is 10.3. The van der Waals surface area contributed by atoms with Gasteiger partial charge in [-0.1, -0.05) is 24.3 Å². The number of benzene rings is 1. The van der Waals surface area contributed by atoms with E-state index in [0.717, 1.165) is 17.4 Å². The van der Waals surface area contributed by atoms with E-state index in [1.807, 2.05) is 60.9 Å². The fourth-order valence-electron chi connectivity index (χ4n) is 4.23. The van der Waals surface area contributed by atoms with Gasteiger partial charge in [0.25, 0.3) is 11.7 Å². The molecule has 3 aromatic rings. The molecule has 7 heteroatoms. The summed E-state index contributed by atoms with van der Waals surface area (Å²) in [5, 5.41) is 12.1. The quantitative estimate of drug-likeness (QED) is 0.378. The Morgan fingerprint density at radius 1 is 1.16 bits per heavy atom. The van der Waals surface area contributed by atoms with Crippen LogP contribution in [0.2, 0.25) is 0 Å². The molecule has 4 rings (SSSR count). The van der Waals surface area contributed by atoms with Gasteiger partial charge in [-0.15, -0.1) is 0 Å². The molecule has 1 aliphatic rings. The molecule has 2 aromatic heterocycles. The van der Waals surface area contributed by atoms with Crippen LogP contribution in [0.25, 0.3) is 16.7 Å². The summed E-state index contributed by atoms with van der Waals surface area (Å²) >= 11 is 0. The smallest absolute Gasteiger partial charge is 0.295 e. The molecule has 160 valence electrons. The van der Waals surface area contributed by atoms with Crippen LogP contribution < -0.4 is 0 Å². The minimum atomic E-state index is -0.671. The number of Topliss-reactive ketones (excluding diaryl/α,β-unsaturated/α-hetero) is 1. The summed E-state index contributed by atoms with van der Waals surface area (Å²) in [6.45, 7) is 1.20. The molecule has 1 N–H and O–H groups in total. The average molecular weight is 418 g/mol. The van der Waals surface area contributed by atoms with Crippen molar-refractivity contribution in [1.29, 1.82) is 0 Å². The second-order valence-electron chi connectivity index (χ2n) is 8.11. The Hall–Kier alpha value is -3.45. The third-order valence-corrected chi connectivity index (χ3v) is 5.70. The SMILES string of the molecule is CN(C)CCCN1C(=O)C(=O)C(=C(O)c2cn(C)c3ccccc23)C1c1cccnc1. The maximum Gasteiger partial charge on any atom is 0.295 e. The number of fused-ring (bicyclic) bond motifs is 1. The Kier molecular flexibility index (Phi) is 5.61. The lowest BCUT2D eigenvalue weighted by Gasteiger charge is -2.25. The molecule has 1 aliphatic heterocycles. The van der Waals surface area contributed by atoms with Gasteiger partial charge >= 0.3 is 0 Å². The number of hydrogen-bond acceptors (Lipinski definition) is 5. The Bertz CT molecular complexity index is 1160. The standard InChI is InChI=1S/C24H26N4O3/c1-26(2)12-7-13-28-21(16-8-6-11-25-14-16)20(23(30)24(28)31)22(29)18-15-27(3)19-10-5-4-9-17(18)19/h4-6,8-11,14-15,21,29H,7,12-13H2,1-3H3. The number of ketones is 1. The fourth-order valence-corrected chi connectivity index (χ4v) is 4.23. The molecule has 1 aromatic carbocycles. The van der Waals surface area contributed by atoms with Gasteiger partial charge in [0.05, 0.1) is 11.6 Å². The number of para-hydroxylation sites is 1. The van der Waals surface area contributed by atoms with E-state index < -0.39 is 17.7 Å². The van der Waals surface area contributed by atoms with Gasteiger partial charge in [0.1, 0.15) is 5.76 Å². The first-order valence-corrected chi connectivity index (χ1v) is 10.3. The molecule has 0 radical (unpaired) electrons. The summed E-state index contributed by atoms with van der Waals surface area (Å²) < 4.78 is 1.90. The predicted octanol–water partition coefficient (Wildman–Crippen LogP) is 2.95. The van der Waals surface area contributed by atoms with E-state index in [9.17, 15) is 14.7 Å².